The molecule has 2 N–H and O–H groups in total. The molecule has 2 aromatic heterocycles. The molecule has 10 nitrogen and oxygen atoms in total. The van der Waals surface area contributed by atoms with E-state index in [1.807, 2.05) is 0 Å². The Morgan fingerprint density at radius 1 is 0.978 bits per heavy atom. The molecule has 0 aliphatic carbocycles. The molecule has 234 valence electrons. The first-order valence-corrected chi connectivity index (χ1v) is 16.2. The lowest BCUT2D eigenvalue weighted by Crippen LogP contribution is -2.44. The van der Waals surface area contributed by atoms with Crippen LogP contribution in [0, 0.1) is 5.82 Å². The van der Waals surface area contributed by atoms with Crippen LogP contribution in [0.3, 0.4) is 0 Å². The molecule has 1 atom stereocenters. The van der Waals surface area contributed by atoms with Crippen molar-refractivity contribution in [3.8, 4) is 5.75 Å². The zero-order chi connectivity index (χ0) is 32.1. The Bertz CT molecular complexity index is 2050. The lowest BCUT2D eigenvalue weighted by Gasteiger charge is -2.28. The number of benzene rings is 3. The molecular formula is C33H27ClFN5O5S. The van der Waals surface area contributed by atoms with Gasteiger partial charge in [0.2, 0.25) is 11.4 Å². The second-order valence-electron chi connectivity index (χ2n) is 10.4. The minimum absolute atomic E-state index is 0.0109. The zero-order valence-corrected chi connectivity index (χ0v) is 25.8. The SMILES string of the molecule is O=C1C=COC1(CNCCS(=O)(=O)c1ccccn1)c1ccc2ncnc(Nc3ccc(OCc4cccc(F)c4)c(Cl)c3)c2c1. The van der Waals surface area contributed by atoms with Gasteiger partial charge in [0, 0.05) is 42.0 Å². The van der Waals surface area contributed by atoms with Gasteiger partial charge in [-0.05, 0) is 60.2 Å². The quantitative estimate of drug-likeness (QED) is 0.165. The van der Waals surface area contributed by atoms with Crippen molar-refractivity contribution in [2.75, 3.05) is 24.2 Å². The number of nitrogens with one attached hydrogen (secondary N) is 2. The molecule has 46 heavy (non-hydrogen) atoms. The fourth-order valence-corrected chi connectivity index (χ4v) is 6.34. The first-order chi connectivity index (χ1) is 22.2. The number of anilines is 2. The highest BCUT2D eigenvalue weighted by Gasteiger charge is 2.43. The Morgan fingerprint density at radius 3 is 2.63 bits per heavy atom. The van der Waals surface area contributed by atoms with Gasteiger partial charge in [0.25, 0.3) is 0 Å². The molecule has 0 bridgehead atoms. The van der Waals surface area contributed by atoms with E-state index in [0.29, 0.717) is 44.3 Å². The number of rotatable bonds is 12. The number of nitrogens with zero attached hydrogens (tertiary/aromatic N) is 3. The van der Waals surface area contributed by atoms with Gasteiger partial charge in [0.15, 0.2) is 14.9 Å². The number of fused-ring (bicyclic) bond motifs is 1. The Hall–Kier alpha value is -4.91. The summed E-state index contributed by atoms with van der Waals surface area (Å²) in [6, 6.07) is 21.3. The summed E-state index contributed by atoms with van der Waals surface area (Å²) in [5.41, 5.74) is 1.02. The predicted molar refractivity (Wildman–Crippen MR) is 171 cm³/mol. The van der Waals surface area contributed by atoms with Crippen molar-refractivity contribution in [2.24, 2.45) is 0 Å². The molecule has 6 rings (SSSR count). The number of ether oxygens (including phenoxy) is 2. The molecule has 1 unspecified atom stereocenters. The normalized spacial score (nSPS) is 16.0. The topological polar surface area (TPSA) is 132 Å². The summed E-state index contributed by atoms with van der Waals surface area (Å²) in [4.78, 5) is 25.9. The maximum absolute atomic E-state index is 13.5. The number of aromatic nitrogens is 3. The van der Waals surface area contributed by atoms with Crippen molar-refractivity contribution in [3.05, 3.63) is 126 Å². The summed E-state index contributed by atoms with van der Waals surface area (Å²) >= 11 is 6.50. The van der Waals surface area contributed by atoms with Crippen molar-refractivity contribution in [1.29, 1.82) is 0 Å². The second kappa shape index (κ2) is 13.2. The van der Waals surface area contributed by atoms with Crippen LogP contribution in [0.25, 0.3) is 10.9 Å². The van der Waals surface area contributed by atoms with E-state index in [1.165, 1.54) is 43.1 Å². The zero-order valence-electron chi connectivity index (χ0n) is 24.2. The minimum atomic E-state index is -3.61. The largest absolute Gasteiger partial charge is 0.487 e. The highest BCUT2D eigenvalue weighted by Crippen LogP contribution is 2.36. The van der Waals surface area contributed by atoms with Crippen LogP contribution < -0.4 is 15.4 Å². The number of hydrogen-bond donors (Lipinski definition) is 2. The van der Waals surface area contributed by atoms with Crippen LogP contribution in [0.1, 0.15) is 11.1 Å². The van der Waals surface area contributed by atoms with Gasteiger partial charge < -0.3 is 20.1 Å². The van der Waals surface area contributed by atoms with Gasteiger partial charge in [-0.3, -0.25) is 4.79 Å². The Morgan fingerprint density at radius 2 is 1.87 bits per heavy atom. The van der Waals surface area contributed by atoms with E-state index >= 15 is 0 Å². The molecule has 3 aromatic carbocycles. The first-order valence-electron chi connectivity index (χ1n) is 14.2. The summed E-state index contributed by atoms with van der Waals surface area (Å²) in [5.74, 6) is 0.0379. The third kappa shape index (κ3) is 6.69. The van der Waals surface area contributed by atoms with Crippen LogP contribution in [0.5, 0.6) is 5.75 Å². The van der Waals surface area contributed by atoms with Crippen LogP contribution >= 0.6 is 11.6 Å². The summed E-state index contributed by atoms with van der Waals surface area (Å²) < 4.78 is 50.5. The summed E-state index contributed by atoms with van der Waals surface area (Å²) in [7, 11) is -3.61. The first kappa shape index (κ1) is 31.1. The average Bonchev–Trinajstić information content (AvgIpc) is 3.44. The molecule has 0 radical (unpaired) electrons. The molecule has 1 aliphatic rings. The second-order valence-corrected chi connectivity index (χ2v) is 12.9. The van der Waals surface area contributed by atoms with Gasteiger partial charge in [-0.2, -0.15) is 0 Å². The number of carbonyl (C=O) groups excluding carboxylic acids is 1. The van der Waals surface area contributed by atoms with E-state index in [-0.39, 0.29) is 42.1 Å². The molecule has 0 spiro atoms. The van der Waals surface area contributed by atoms with Crippen molar-refractivity contribution >= 4 is 49.6 Å². The maximum atomic E-state index is 13.5. The summed E-state index contributed by atoms with van der Waals surface area (Å²) in [5, 5.41) is 7.27. The van der Waals surface area contributed by atoms with Crippen LogP contribution in [0.4, 0.5) is 15.9 Å². The Balaban J connectivity index is 1.19. The van der Waals surface area contributed by atoms with Crippen molar-refractivity contribution in [2.45, 2.75) is 17.2 Å². The van der Waals surface area contributed by atoms with Crippen LogP contribution in [0.15, 0.2) is 109 Å². The van der Waals surface area contributed by atoms with E-state index in [0.717, 1.165) is 0 Å². The molecule has 0 saturated heterocycles. The third-order valence-corrected chi connectivity index (χ3v) is 9.26. The van der Waals surface area contributed by atoms with Gasteiger partial charge >= 0.3 is 0 Å². The number of hydrogen-bond acceptors (Lipinski definition) is 10. The van der Waals surface area contributed by atoms with Crippen LogP contribution in [-0.2, 0) is 31.6 Å². The molecular weight excluding hydrogens is 633 g/mol. The van der Waals surface area contributed by atoms with E-state index < -0.39 is 15.4 Å². The molecule has 0 saturated carbocycles. The van der Waals surface area contributed by atoms with E-state index in [2.05, 4.69) is 25.6 Å². The molecule has 13 heteroatoms. The lowest BCUT2D eigenvalue weighted by molar-refractivity contribution is -0.129. The Kier molecular flexibility index (Phi) is 8.93. The highest BCUT2D eigenvalue weighted by molar-refractivity contribution is 7.91. The molecule has 0 fully saturated rings. The number of carbonyl (C=O) groups is 1. The monoisotopic (exact) mass is 659 g/mol. The average molecular weight is 660 g/mol. The third-order valence-electron chi connectivity index (χ3n) is 7.34. The number of pyridine rings is 1. The number of sulfone groups is 1. The minimum Gasteiger partial charge on any atom is -0.487 e. The maximum Gasteiger partial charge on any atom is 0.208 e. The van der Waals surface area contributed by atoms with Crippen molar-refractivity contribution in [3.63, 3.8) is 0 Å². The standard InChI is InChI=1S/C33H27ClFN5O5S/c34-27-18-25(8-10-29(27)44-19-22-4-3-5-24(35)16-22)40-32-26-17-23(7-9-28(26)38-21-39-32)33(30(41)11-14-45-33)20-36-13-15-46(42,43)31-6-1-2-12-37-31/h1-12,14,16-18,21,36H,13,15,19-20H2,(H,38,39,40). The Labute approximate surface area is 269 Å². The van der Waals surface area contributed by atoms with E-state index in [9.17, 15) is 17.6 Å². The van der Waals surface area contributed by atoms with Crippen molar-refractivity contribution in [1.82, 2.24) is 20.3 Å². The molecule has 1 aliphatic heterocycles. The highest BCUT2D eigenvalue weighted by atomic mass is 35.5. The summed E-state index contributed by atoms with van der Waals surface area (Å²) in [6.07, 6.45) is 5.52. The summed E-state index contributed by atoms with van der Waals surface area (Å²) in [6.45, 7) is 0.241. The fourth-order valence-electron chi connectivity index (χ4n) is 4.98. The predicted octanol–water partition coefficient (Wildman–Crippen LogP) is 5.51. The molecule has 0 amide bonds. The molecule has 5 aromatic rings. The number of ketones is 1. The van der Waals surface area contributed by atoms with Crippen LogP contribution in [-0.4, -0.2) is 48.0 Å². The van der Waals surface area contributed by atoms with Gasteiger partial charge in [-0.15, -0.1) is 0 Å². The fraction of sp³-hybridized carbons (Fsp3) is 0.152. The van der Waals surface area contributed by atoms with Gasteiger partial charge in [-0.1, -0.05) is 35.9 Å². The van der Waals surface area contributed by atoms with Crippen LogP contribution in [0.2, 0.25) is 5.02 Å². The molecule has 3 heterocycles. The van der Waals surface area contributed by atoms with Gasteiger partial charge in [-0.25, -0.2) is 27.8 Å². The number of halogens is 2. The van der Waals surface area contributed by atoms with E-state index in [4.69, 9.17) is 21.1 Å². The van der Waals surface area contributed by atoms with Gasteiger partial charge in [0.05, 0.1) is 22.6 Å². The van der Waals surface area contributed by atoms with Crippen molar-refractivity contribution < 1.29 is 27.1 Å². The smallest absolute Gasteiger partial charge is 0.208 e. The van der Waals surface area contributed by atoms with Gasteiger partial charge in [0.1, 0.15) is 30.3 Å². The lowest BCUT2D eigenvalue weighted by atomic mass is 9.89. The van der Waals surface area contributed by atoms with E-state index in [1.54, 1.807) is 60.7 Å².